The average Bonchev–Trinajstić information content (AvgIpc) is 2.58. The Kier molecular flexibility index (Phi) is 4.10. The lowest BCUT2D eigenvalue weighted by Crippen LogP contribution is -2.12. The molecule has 25 heavy (non-hydrogen) atoms. The van der Waals surface area contributed by atoms with Crippen molar-refractivity contribution in [3.05, 3.63) is 53.7 Å². The molecule has 3 rings (SSSR count). The van der Waals surface area contributed by atoms with E-state index in [1.165, 1.54) is 31.5 Å². The maximum absolute atomic E-state index is 13.6. The normalized spacial score (nSPS) is 10.7. The number of carbonyl (C=O) groups excluding carboxylic acids is 1. The van der Waals surface area contributed by atoms with Gasteiger partial charge in [-0.1, -0.05) is 0 Å². The number of hydrogen-bond donors (Lipinski definition) is 2. The molecule has 0 bridgehead atoms. The number of nitrogen functional groups attached to an aromatic ring is 1. The Labute approximate surface area is 141 Å². The molecule has 8 heteroatoms. The van der Waals surface area contributed by atoms with Crippen LogP contribution in [0.5, 0.6) is 17.2 Å². The predicted molar refractivity (Wildman–Crippen MR) is 87.7 cm³/mol. The molecule has 0 saturated heterocycles. The van der Waals surface area contributed by atoms with E-state index in [0.29, 0.717) is 10.9 Å². The number of amides is 1. The summed E-state index contributed by atoms with van der Waals surface area (Å²) in [7, 11) is 1.40. The molecule has 0 aliphatic carbocycles. The number of ether oxygens (including phenoxy) is 2. The van der Waals surface area contributed by atoms with Crippen LogP contribution in [-0.2, 0) is 0 Å². The van der Waals surface area contributed by atoms with Gasteiger partial charge >= 0.3 is 0 Å². The van der Waals surface area contributed by atoms with Gasteiger partial charge in [0.1, 0.15) is 22.9 Å². The minimum Gasteiger partial charge on any atom is -0.496 e. The molecule has 128 valence electrons. The molecule has 4 N–H and O–H groups in total. The van der Waals surface area contributed by atoms with Crippen LogP contribution in [0.4, 0.5) is 14.5 Å². The van der Waals surface area contributed by atoms with Gasteiger partial charge in [0.25, 0.3) is 5.91 Å². The van der Waals surface area contributed by atoms with Crippen molar-refractivity contribution < 1.29 is 23.0 Å². The van der Waals surface area contributed by atoms with Crippen LogP contribution in [0.25, 0.3) is 10.9 Å². The molecule has 1 heterocycles. The zero-order valence-corrected chi connectivity index (χ0v) is 13.0. The summed E-state index contributed by atoms with van der Waals surface area (Å²) < 4.78 is 37.9. The highest BCUT2D eigenvalue weighted by molar-refractivity contribution is 6.01. The fourth-order valence-corrected chi connectivity index (χ4v) is 2.35. The van der Waals surface area contributed by atoms with Gasteiger partial charge in [-0.2, -0.15) is 0 Å². The van der Waals surface area contributed by atoms with Crippen molar-refractivity contribution in [3.8, 4) is 17.2 Å². The summed E-state index contributed by atoms with van der Waals surface area (Å²) in [6, 6.07) is 6.38. The summed E-state index contributed by atoms with van der Waals surface area (Å²) in [5.74, 6) is -2.17. The number of nitrogens with two attached hydrogens (primary N) is 2. The van der Waals surface area contributed by atoms with E-state index in [1.54, 1.807) is 0 Å². The Bertz CT molecular complexity index is 969. The van der Waals surface area contributed by atoms with Crippen molar-refractivity contribution in [1.29, 1.82) is 0 Å². The average molecular weight is 345 g/mol. The van der Waals surface area contributed by atoms with Crippen molar-refractivity contribution in [1.82, 2.24) is 4.98 Å². The number of carbonyl (C=O) groups is 1. The first-order chi connectivity index (χ1) is 11.9. The smallest absolute Gasteiger partial charge is 0.252 e. The zero-order chi connectivity index (χ0) is 18.1. The summed E-state index contributed by atoms with van der Waals surface area (Å²) in [4.78, 5) is 15.8. The summed E-state index contributed by atoms with van der Waals surface area (Å²) in [5, 5.41) is 0.426. The third kappa shape index (κ3) is 3.01. The number of benzene rings is 2. The predicted octanol–water partition coefficient (Wildman–Crippen LogP) is 3.00. The van der Waals surface area contributed by atoms with Gasteiger partial charge in [0.2, 0.25) is 0 Å². The third-order valence-corrected chi connectivity index (χ3v) is 3.57. The van der Waals surface area contributed by atoms with Crippen molar-refractivity contribution in [3.63, 3.8) is 0 Å². The molecule has 0 fully saturated rings. The molecule has 3 aromatic rings. The maximum Gasteiger partial charge on any atom is 0.252 e. The number of pyridine rings is 1. The molecule has 0 spiro atoms. The van der Waals surface area contributed by atoms with E-state index in [0.717, 1.165) is 12.1 Å². The lowest BCUT2D eigenvalue weighted by molar-refractivity contribution is 0.0997. The summed E-state index contributed by atoms with van der Waals surface area (Å²) in [6.07, 6.45) is 1.45. The molecule has 6 nitrogen and oxygen atoms in total. The summed E-state index contributed by atoms with van der Waals surface area (Å²) in [5.41, 5.74) is 10.6. The molecule has 0 aliphatic heterocycles. The van der Waals surface area contributed by atoms with E-state index in [9.17, 15) is 13.6 Å². The summed E-state index contributed by atoms with van der Waals surface area (Å²) in [6.45, 7) is 0. The molecule has 0 saturated carbocycles. The Hall–Kier alpha value is -3.42. The van der Waals surface area contributed by atoms with Crippen molar-refractivity contribution in [2.24, 2.45) is 5.73 Å². The standard InChI is InChI=1S/C17H13F2N3O3/c1-24-15-7-13-9(6-10(15)17(21)23)14(2-3-22-13)25-8-4-11(18)16(20)12(19)5-8/h2-7H,20H2,1H3,(H2,21,23). The Morgan fingerprint density at radius 3 is 2.40 bits per heavy atom. The zero-order valence-electron chi connectivity index (χ0n) is 13.0. The quantitative estimate of drug-likeness (QED) is 0.708. The first-order valence-corrected chi connectivity index (χ1v) is 7.09. The van der Waals surface area contributed by atoms with E-state index < -0.39 is 23.2 Å². The minimum atomic E-state index is -0.937. The monoisotopic (exact) mass is 345 g/mol. The third-order valence-electron chi connectivity index (χ3n) is 3.57. The highest BCUT2D eigenvalue weighted by Crippen LogP contribution is 2.34. The van der Waals surface area contributed by atoms with E-state index >= 15 is 0 Å². The largest absolute Gasteiger partial charge is 0.496 e. The van der Waals surface area contributed by atoms with Crippen molar-refractivity contribution >= 4 is 22.5 Å². The molecule has 0 unspecified atom stereocenters. The first-order valence-electron chi connectivity index (χ1n) is 7.09. The number of hydrogen-bond acceptors (Lipinski definition) is 5. The van der Waals surface area contributed by atoms with Crippen LogP contribution in [0.15, 0.2) is 36.5 Å². The number of halogens is 2. The molecule has 0 atom stereocenters. The first kappa shape index (κ1) is 16.4. The van der Waals surface area contributed by atoms with Crippen LogP contribution in [0, 0.1) is 11.6 Å². The SMILES string of the molecule is COc1cc2nccc(Oc3cc(F)c(N)c(F)c3)c2cc1C(N)=O. The summed E-state index contributed by atoms with van der Waals surface area (Å²) >= 11 is 0. The van der Waals surface area contributed by atoms with Gasteiger partial charge in [0.05, 0.1) is 18.2 Å². The van der Waals surface area contributed by atoms with Crippen LogP contribution in [0.3, 0.4) is 0 Å². The number of aromatic nitrogens is 1. The lowest BCUT2D eigenvalue weighted by Gasteiger charge is -2.12. The highest BCUT2D eigenvalue weighted by Gasteiger charge is 2.15. The Morgan fingerprint density at radius 1 is 1.12 bits per heavy atom. The second-order valence-electron chi connectivity index (χ2n) is 5.15. The minimum absolute atomic E-state index is 0.0897. The number of anilines is 1. The van der Waals surface area contributed by atoms with Gasteiger partial charge < -0.3 is 20.9 Å². The Balaban J connectivity index is 2.13. The highest BCUT2D eigenvalue weighted by atomic mass is 19.1. The van der Waals surface area contributed by atoms with Crippen LogP contribution in [0.2, 0.25) is 0 Å². The van der Waals surface area contributed by atoms with Crippen molar-refractivity contribution in [2.75, 3.05) is 12.8 Å². The molecule has 1 aromatic heterocycles. The molecular formula is C17H13F2N3O3. The number of methoxy groups -OCH3 is 1. The number of nitrogens with zero attached hydrogens (tertiary/aromatic N) is 1. The van der Waals surface area contributed by atoms with E-state index in [4.69, 9.17) is 20.9 Å². The van der Waals surface area contributed by atoms with Crippen LogP contribution in [-0.4, -0.2) is 18.0 Å². The van der Waals surface area contributed by atoms with Crippen LogP contribution in [0.1, 0.15) is 10.4 Å². The number of fused-ring (bicyclic) bond motifs is 1. The van der Waals surface area contributed by atoms with Crippen molar-refractivity contribution in [2.45, 2.75) is 0 Å². The van der Waals surface area contributed by atoms with E-state index in [-0.39, 0.29) is 22.8 Å². The molecule has 0 radical (unpaired) electrons. The van der Waals surface area contributed by atoms with Gasteiger partial charge in [-0.25, -0.2) is 8.78 Å². The van der Waals surface area contributed by atoms with Crippen LogP contribution < -0.4 is 20.9 Å². The lowest BCUT2D eigenvalue weighted by atomic mass is 10.1. The van der Waals surface area contributed by atoms with Gasteiger partial charge in [0, 0.05) is 29.8 Å². The van der Waals surface area contributed by atoms with E-state index in [1.807, 2.05) is 0 Å². The maximum atomic E-state index is 13.6. The number of rotatable bonds is 4. The fraction of sp³-hybridized carbons (Fsp3) is 0.0588. The van der Waals surface area contributed by atoms with E-state index in [2.05, 4.69) is 4.98 Å². The second-order valence-corrected chi connectivity index (χ2v) is 5.15. The van der Waals surface area contributed by atoms with Crippen LogP contribution >= 0.6 is 0 Å². The molecule has 0 aliphatic rings. The molecular weight excluding hydrogens is 332 g/mol. The van der Waals surface area contributed by atoms with Gasteiger partial charge in [-0.05, 0) is 12.1 Å². The number of primary amides is 1. The van der Waals surface area contributed by atoms with Gasteiger partial charge in [-0.15, -0.1) is 0 Å². The second kappa shape index (κ2) is 6.23. The molecule has 1 amide bonds. The fourth-order valence-electron chi connectivity index (χ4n) is 2.35. The van der Waals surface area contributed by atoms with Gasteiger partial charge in [-0.3, -0.25) is 9.78 Å². The molecule has 2 aromatic carbocycles. The van der Waals surface area contributed by atoms with Gasteiger partial charge in [0.15, 0.2) is 11.6 Å². The topological polar surface area (TPSA) is 100 Å². The Morgan fingerprint density at radius 2 is 1.80 bits per heavy atom.